The molecule has 5 aromatic rings. The molecule has 0 saturated heterocycles. The second-order valence-corrected chi connectivity index (χ2v) is 11.8. The normalized spacial score (nSPS) is 11.1. The van der Waals surface area contributed by atoms with Gasteiger partial charge in [-0.25, -0.2) is 29.0 Å². The Morgan fingerprint density at radius 2 is 1.25 bits per heavy atom. The van der Waals surface area contributed by atoms with Gasteiger partial charge in [-0.2, -0.15) is 5.10 Å². The van der Waals surface area contributed by atoms with Gasteiger partial charge in [-0.3, -0.25) is 5.43 Å². The van der Waals surface area contributed by atoms with Crippen LogP contribution in [0, 0.1) is 0 Å². The van der Waals surface area contributed by atoms with E-state index in [9.17, 15) is 29.1 Å². The second-order valence-electron chi connectivity index (χ2n) is 10.8. The van der Waals surface area contributed by atoms with Gasteiger partial charge >= 0.3 is 29.8 Å². The Morgan fingerprint density at radius 1 is 0.679 bits per heavy atom. The van der Waals surface area contributed by atoms with E-state index in [0.29, 0.717) is 5.13 Å². The number of nitrogens with one attached hydrogen (secondary N) is 1. The number of para-hydroxylation sites is 1. The lowest BCUT2D eigenvalue weighted by Gasteiger charge is -2.18. The van der Waals surface area contributed by atoms with Gasteiger partial charge in [0.15, 0.2) is 23.0 Å². The van der Waals surface area contributed by atoms with Crippen molar-refractivity contribution in [2.24, 2.45) is 5.10 Å². The van der Waals surface area contributed by atoms with E-state index < -0.39 is 36.1 Å². The Morgan fingerprint density at radius 3 is 1.88 bits per heavy atom. The fraction of sp³-hybridized carbons (Fsp3) is 0.0250. The number of rotatable bonds is 16. The van der Waals surface area contributed by atoms with Crippen molar-refractivity contribution in [2.75, 3.05) is 5.43 Å². The molecule has 16 heteroatoms. The van der Waals surface area contributed by atoms with Crippen LogP contribution in [-0.2, 0) is 19.2 Å². The molecule has 5 rings (SSSR count). The van der Waals surface area contributed by atoms with Crippen LogP contribution >= 0.6 is 11.3 Å². The lowest BCUT2D eigenvalue weighted by molar-refractivity contribution is -0.131. The number of anilines is 1. The summed E-state index contributed by atoms with van der Waals surface area (Å²) in [5.41, 5.74) is 3.79. The van der Waals surface area contributed by atoms with Gasteiger partial charge in [0.2, 0.25) is 11.4 Å². The average molecular weight is 776 g/mol. The van der Waals surface area contributed by atoms with Crippen LogP contribution in [0.15, 0.2) is 135 Å². The zero-order chi connectivity index (χ0) is 40.2. The molecule has 2 N–H and O–H groups in total. The first-order valence-corrected chi connectivity index (χ1v) is 16.8. The molecule has 0 aliphatic carbocycles. The van der Waals surface area contributed by atoms with E-state index >= 15 is 0 Å². The Bertz CT molecular complexity index is 2390. The van der Waals surface area contributed by atoms with Crippen LogP contribution in [0.25, 0.3) is 10.2 Å². The highest BCUT2D eigenvalue weighted by Gasteiger charge is 2.20. The molecule has 4 aromatic carbocycles. The van der Waals surface area contributed by atoms with Crippen molar-refractivity contribution in [3.63, 3.8) is 0 Å². The third kappa shape index (κ3) is 10.2. The lowest BCUT2D eigenvalue weighted by Crippen LogP contribution is -2.13. The zero-order valence-electron chi connectivity index (χ0n) is 29.0. The highest BCUT2D eigenvalue weighted by atomic mass is 32.1. The number of hydrazone groups is 1. The highest BCUT2D eigenvalue weighted by molar-refractivity contribution is 7.22. The van der Waals surface area contributed by atoms with Crippen LogP contribution in [0.4, 0.5) is 5.13 Å². The van der Waals surface area contributed by atoms with Crippen molar-refractivity contribution in [1.29, 1.82) is 0 Å². The fourth-order valence-corrected chi connectivity index (χ4v) is 5.29. The number of aliphatic hydroxyl groups excluding tert-OH is 1. The number of carbonyl (C=O) groups excluding carboxylic acids is 5. The first kappa shape index (κ1) is 39.5. The van der Waals surface area contributed by atoms with Crippen molar-refractivity contribution in [2.45, 2.75) is 6.29 Å². The van der Waals surface area contributed by atoms with Crippen molar-refractivity contribution in [3.05, 3.63) is 146 Å². The van der Waals surface area contributed by atoms with Gasteiger partial charge < -0.3 is 33.5 Å². The first-order valence-electron chi connectivity index (χ1n) is 16.0. The zero-order valence-corrected chi connectivity index (χ0v) is 29.9. The fourth-order valence-electron chi connectivity index (χ4n) is 4.47. The molecule has 56 heavy (non-hydrogen) atoms. The van der Waals surface area contributed by atoms with Crippen LogP contribution in [-0.4, -0.2) is 46.2 Å². The predicted octanol–water partition coefficient (Wildman–Crippen LogP) is 6.40. The van der Waals surface area contributed by atoms with Crippen molar-refractivity contribution in [1.82, 2.24) is 4.98 Å². The summed E-state index contributed by atoms with van der Waals surface area (Å²) in [6, 6.07) is 19.1. The quantitative estimate of drug-likeness (QED) is 0.0279. The summed E-state index contributed by atoms with van der Waals surface area (Å²) in [6.45, 7) is 13.4. The number of aliphatic hydroxyl groups is 1. The molecular weight excluding hydrogens is 747 g/mol. The highest BCUT2D eigenvalue weighted by Crippen LogP contribution is 2.34. The Kier molecular flexibility index (Phi) is 13.0. The van der Waals surface area contributed by atoms with Gasteiger partial charge in [-0.15, -0.1) is 0 Å². The van der Waals surface area contributed by atoms with Crippen molar-refractivity contribution >= 4 is 62.7 Å². The number of benzene rings is 4. The molecule has 1 atom stereocenters. The molecule has 1 heterocycles. The number of nitrogens with zero attached hydrogens (tertiary/aromatic N) is 2. The molecule has 0 bridgehead atoms. The van der Waals surface area contributed by atoms with Crippen LogP contribution in [0.2, 0.25) is 0 Å². The Balaban J connectivity index is 1.44. The number of esters is 5. The number of ether oxygens (including phenoxy) is 6. The number of fused-ring (bicyclic) bond motifs is 1. The van der Waals surface area contributed by atoms with E-state index in [4.69, 9.17) is 28.4 Å². The molecule has 15 nitrogen and oxygen atoms in total. The van der Waals surface area contributed by atoms with Gasteiger partial charge in [0.1, 0.15) is 11.5 Å². The minimum Gasteiger partial charge on any atom is -0.460 e. The summed E-state index contributed by atoms with van der Waals surface area (Å²) in [4.78, 5) is 65.3. The molecule has 0 fully saturated rings. The van der Waals surface area contributed by atoms with Gasteiger partial charge in [-0.1, -0.05) is 49.8 Å². The van der Waals surface area contributed by atoms with Gasteiger partial charge in [0.05, 0.1) is 22.0 Å². The van der Waals surface area contributed by atoms with Crippen LogP contribution in [0.3, 0.4) is 0 Å². The standard InChI is InChI=1S/C40H29N3O12S/c1-5-34(44)51-29-16-13-23(20-31(29)53-36(46)7-3)38(48)50-26-15-18-28(25(19-26)22-41-43-40-42-27-11-9-10-12-33(27)56-40)55-39(49)24-14-17-30(52-35(45)6-2)32(21-24)54-37(47)8-4/h5-22,39,49H,1-4H2,(H,42,43)/b41-22+. The number of hydrogen-bond acceptors (Lipinski definition) is 16. The summed E-state index contributed by atoms with van der Waals surface area (Å²) in [5.74, 6) is -5.04. The molecule has 0 aliphatic rings. The molecule has 0 radical (unpaired) electrons. The maximum Gasteiger partial charge on any atom is 0.343 e. The van der Waals surface area contributed by atoms with Gasteiger partial charge in [0, 0.05) is 35.4 Å². The third-order valence-electron chi connectivity index (χ3n) is 7.03. The molecule has 1 aromatic heterocycles. The largest absolute Gasteiger partial charge is 0.460 e. The minimum absolute atomic E-state index is 0.00270. The third-order valence-corrected chi connectivity index (χ3v) is 7.97. The van der Waals surface area contributed by atoms with Crippen molar-refractivity contribution < 1.29 is 57.5 Å². The summed E-state index contributed by atoms with van der Waals surface area (Å²) in [6.07, 6.45) is 3.23. The van der Waals surface area contributed by atoms with Crippen LogP contribution < -0.4 is 33.8 Å². The molecule has 1 unspecified atom stereocenters. The van der Waals surface area contributed by atoms with E-state index in [2.05, 4.69) is 41.8 Å². The summed E-state index contributed by atoms with van der Waals surface area (Å²) >= 11 is 1.35. The summed E-state index contributed by atoms with van der Waals surface area (Å²) in [7, 11) is 0. The van der Waals surface area contributed by atoms with Crippen LogP contribution in [0.5, 0.6) is 34.5 Å². The van der Waals surface area contributed by atoms with Crippen LogP contribution in [0.1, 0.15) is 27.8 Å². The topological polar surface area (TPSA) is 198 Å². The maximum absolute atomic E-state index is 13.3. The molecule has 0 spiro atoms. The number of aromatic nitrogens is 1. The van der Waals surface area contributed by atoms with Gasteiger partial charge in [0.25, 0.3) is 0 Å². The number of thiazole rings is 1. The monoisotopic (exact) mass is 775 g/mol. The minimum atomic E-state index is -1.69. The first-order chi connectivity index (χ1) is 27.0. The van der Waals surface area contributed by atoms with Crippen molar-refractivity contribution in [3.8, 4) is 34.5 Å². The Hall–Kier alpha value is -7.69. The molecule has 282 valence electrons. The number of carbonyl (C=O) groups is 5. The number of hydrogen-bond donors (Lipinski definition) is 2. The SMILES string of the molecule is C=CC(=O)Oc1ccc(C(=O)Oc2ccc(OC(O)c3ccc(OC(=O)C=C)c(OC(=O)C=C)c3)c(/C=N/Nc3nc4ccccc4s3)c2)cc1OC(=O)C=C. The lowest BCUT2D eigenvalue weighted by atomic mass is 10.1. The predicted molar refractivity (Wildman–Crippen MR) is 204 cm³/mol. The molecule has 0 saturated carbocycles. The maximum atomic E-state index is 13.3. The van der Waals surface area contributed by atoms with E-state index in [-0.39, 0.29) is 51.2 Å². The smallest absolute Gasteiger partial charge is 0.343 e. The molecule has 0 aliphatic heterocycles. The molecular formula is C40H29N3O12S. The summed E-state index contributed by atoms with van der Waals surface area (Å²) < 4.78 is 33.0. The van der Waals surface area contributed by atoms with E-state index in [1.165, 1.54) is 66.1 Å². The van der Waals surface area contributed by atoms with E-state index in [1.807, 2.05) is 24.3 Å². The summed E-state index contributed by atoms with van der Waals surface area (Å²) in [5, 5.41) is 15.9. The van der Waals surface area contributed by atoms with E-state index in [1.54, 1.807) is 0 Å². The van der Waals surface area contributed by atoms with E-state index in [0.717, 1.165) is 40.6 Å². The second kappa shape index (κ2) is 18.4. The average Bonchev–Trinajstić information content (AvgIpc) is 3.62. The Labute approximate surface area is 322 Å². The molecule has 0 amide bonds. The van der Waals surface area contributed by atoms with Gasteiger partial charge in [-0.05, 0) is 66.7 Å².